The lowest BCUT2D eigenvalue weighted by atomic mass is 9.83. The number of ether oxygens (including phenoxy) is 1. The van der Waals surface area contributed by atoms with Crippen LogP contribution in [-0.2, 0) is 11.3 Å². The maximum atomic E-state index is 12.7. The van der Waals surface area contributed by atoms with E-state index < -0.39 is 5.91 Å². The molecule has 3 aromatic heterocycles. The number of amides is 1. The number of carbonyl (C=O) groups excluding carboxylic acids is 1. The summed E-state index contributed by atoms with van der Waals surface area (Å²) in [5.74, 6) is 7.15. The van der Waals surface area contributed by atoms with Crippen LogP contribution in [-0.4, -0.2) is 45.2 Å². The molecule has 10 heteroatoms. The van der Waals surface area contributed by atoms with E-state index in [4.69, 9.17) is 32.1 Å². The Morgan fingerprint density at radius 3 is 2.67 bits per heavy atom. The minimum absolute atomic E-state index is 0.00736. The van der Waals surface area contributed by atoms with Crippen LogP contribution < -0.4 is 16.2 Å². The highest BCUT2D eigenvalue weighted by molar-refractivity contribution is 6.30. The third kappa shape index (κ3) is 5.29. The van der Waals surface area contributed by atoms with Crippen molar-refractivity contribution >= 4 is 34.5 Å². The second kappa shape index (κ2) is 11.5. The number of nitrogen functional groups attached to an aromatic ring is 1. The number of carbonyl (C=O) groups is 1. The molecule has 0 unspecified atom stereocenters. The number of halogens is 1. The fourth-order valence-electron chi connectivity index (χ4n) is 6.03. The van der Waals surface area contributed by atoms with Gasteiger partial charge in [-0.1, -0.05) is 61.7 Å². The van der Waals surface area contributed by atoms with E-state index in [1.54, 1.807) is 18.5 Å². The molecule has 1 aromatic carbocycles. The predicted octanol–water partition coefficient (Wildman–Crippen LogP) is 5.15. The molecule has 1 saturated carbocycles. The zero-order valence-electron chi connectivity index (χ0n) is 22.6. The molecule has 2 aliphatic rings. The average molecular weight is 560 g/mol. The van der Waals surface area contributed by atoms with E-state index in [1.807, 2.05) is 12.1 Å². The van der Waals surface area contributed by atoms with Crippen molar-refractivity contribution in [2.24, 2.45) is 17.7 Å². The molecule has 6 rings (SSSR count). The molecular weight excluding hydrogens is 526 g/mol. The zero-order valence-corrected chi connectivity index (χ0v) is 23.3. The standard InChI is InChI=1S/C30H34ClN7O2/c1-19-7-9-20(10-8-19)17-38-28-24(14-25(29(39)36-32)34-27(28)22-13-23(31)16-33-15-22)35-30(38)37-11-12-40-18-26(37)21-5-3-2-4-6-21/h2-6,13-16,19-20,26H,7-12,17-18,32H2,1H3,(H,36,39)/t19-,20-,26-/m0/s1. The average Bonchev–Trinajstić information content (AvgIpc) is 3.35. The van der Waals surface area contributed by atoms with Gasteiger partial charge in [-0.15, -0.1) is 0 Å². The van der Waals surface area contributed by atoms with Crippen molar-refractivity contribution in [2.75, 3.05) is 24.7 Å². The topological polar surface area (TPSA) is 111 Å². The third-order valence-electron chi connectivity index (χ3n) is 8.19. The van der Waals surface area contributed by atoms with Gasteiger partial charge in [0, 0.05) is 31.0 Å². The SMILES string of the molecule is C[C@H]1CC[C@H](Cn2c(N3CCOC[C@H]3c3ccccc3)nc3cc(C(=O)NN)nc(-c4cncc(Cl)c4)c32)CC1. The molecule has 1 amide bonds. The Morgan fingerprint density at radius 2 is 1.93 bits per heavy atom. The number of hydrogen-bond acceptors (Lipinski definition) is 7. The van der Waals surface area contributed by atoms with E-state index in [-0.39, 0.29) is 11.7 Å². The predicted molar refractivity (Wildman–Crippen MR) is 156 cm³/mol. The van der Waals surface area contributed by atoms with Crippen LogP contribution in [0.25, 0.3) is 22.3 Å². The number of morpholine rings is 1. The lowest BCUT2D eigenvalue weighted by molar-refractivity contribution is 0.0927. The molecule has 9 nitrogen and oxygen atoms in total. The largest absolute Gasteiger partial charge is 0.377 e. The Kier molecular flexibility index (Phi) is 7.69. The molecule has 3 N–H and O–H groups in total. The van der Waals surface area contributed by atoms with Crippen molar-refractivity contribution in [3.63, 3.8) is 0 Å². The highest BCUT2D eigenvalue weighted by Crippen LogP contribution is 2.38. The number of anilines is 1. The van der Waals surface area contributed by atoms with Crippen LogP contribution in [0, 0.1) is 11.8 Å². The van der Waals surface area contributed by atoms with Crippen LogP contribution in [0.4, 0.5) is 5.95 Å². The molecule has 4 heterocycles. The summed E-state index contributed by atoms with van der Waals surface area (Å²) in [7, 11) is 0. The number of pyridine rings is 2. The first kappa shape index (κ1) is 26.7. The molecule has 0 radical (unpaired) electrons. The number of hydrazine groups is 1. The molecule has 1 saturated heterocycles. The number of nitrogens with two attached hydrogens (primary N) is 1. The lowest BCUT2D eigenvalue weighted by Crippen LogP contribution is -2.41. The van der Waals surface area contributed by atoms with Gasteiger partial charge in [-0.05, 0) is 42.4 Å². The zero-order chi connectivity index (χ0) is 27.6. The maximum Gasteiger partial charge on any atom is 0.283 e. The van der Waals surface area contributed by atoms with Crippen molar-refractivity contribution in [3.8, 4) is 11.3 Å². The Balaban J connectivity index is 1.56. The fraction of sp³-hybridized carbons (Fsp3) is 0.400. The number of benzene rings is 1. The van der Waals surface area contributed by atoms with Gasteiger partial charge in [-0.3, -0.25) is 15.2 Å². The summed E-state index contributed by atoms with van der Waals surface area (Å²) in [6.07, 6.45) is 8.09. The normalized spacial score (nSPS) is 21.5. The molecule has 0 bridgehead atoms. The molecule has 1 atom stereocenters. The van der Waals surface area contributed by atoms with Gasteiger partial charge in [-0.25, -0.2) is 15.8 Å². The summed E-state index contributed by atoms with van der Waals surface area (Å²) >= 11 is 6.36. The Hall–Kier alpha value is -3.53. The van der Waals surface area contributed by atoms with Crippen LogP contribution in [0.15, 0.2) is 54.9 Å². The van der Waals surface area contributed by atoms with Gasteiger partial charge >= 0.3 is 0 Å². The first-order valence-electron chi connectivity index (χ1n) is 13.9. The highest BCUT2D eigenvalue weighted by Gasteiger charge is 2.32. The fourth-order valence-corrected chi connectivity index (χ4v) is 6.21. The van der Waals surface area contributed by atoms with Crippen molar-refractivity contribution in [3.05, 3.63) is 71.1 Å². The second-order valence-electron chi connectivity index (χ2n) is 10.9. The van der Waals surface area contributed by atoms with Gasteiger partial charge in [-0.2, -0.15) is 0 Å². The summed E-state index contributed by atoms with van der Waals surface area (Å²) in [5.41, 5.74) is 6.45. The summed E-state index contributed by atoms with van der Waals surface area (Å²) in [6.45, 7) is 5.02. The number of nitrogens with one attached hydrogen (secondary N) is 1. The van der Waals surface area contributed by atoms with Gasteiger partial charge in [0.1, 0.15) is 5.69 Å². The first-order chi connectivity index (χ1) is 19.5. The molecule has 1 aliphatic heterocycles. The van der Waals surface area contributed by atoms with E-state index in [1.165, 1.54) is 31.2 Å². The molecule has 4 aromatic rings. The third-order valence-corrected chi connectivity index (χ3v) is 8.40. The van der Waals surface area contributed by atoms with Gasteiger partial charge in [0.25, 0.3) is 5.91 Å². The van der Waals surface area contributed by atoms with E-state index in [0.717, 1.165) is 29.5 Å². The smallest absolute Gasteiger partial charge is 0.283 e. The Morgan fingerprint density at radius 1 is 1.12 bits per heavy atom. The lowest BCUT2D eigenvalue weighted by Gasteiger charge is -2.37. The summed E-state index contributed by atoms with van der Waals surface area (Å²) in [5, 5.41) is 0.492. The number of nitrogens with zero attached hydrogens (tertiary/aromatic N) is 5. The number of imidazole rings is 1. The number of fused-ring (bicyclic) bond motifs is 1. The summed E-state index contributed by atoms with van der Waals surface area (Å²) in [4.78, 5) is 29.3. The molecule has 2 fully saturated rings. The van der Waals surface area contributed by atoms with Crippen LogP contribution >= 0.6 is 11.6 Å². The Bertz CT molecular complexity index is 1500. The van der Waals surface area contributed by atoms with E-state index in [2.05, 4.69) is 51.1 Å². The van der Waals surface area contributed by atoms with Crippen LogP contribution in [0.2, 0.25) is 5.02 Å². The maximum absolute atomic E-state index is 12.7. The monoisotopic (exact) mass is 559 g/mol. The van der Waals surface area contributed by atoms with Gasteiger partial charge < -0.3 is 14.2 Å². The number of hydrogen-bond donors (Lipinski definition) is 2. The van der Waals surface area contributed by atoms with Crippen molar-refractivity contribution in [1.82, 2.24) is 24.9 Å². The van der Waals surface area contributed by atoms with Gasteiger partial charge in [0.2, 0.25) is 5.95 Å². The van der Waals surface area contributed by atoms with Gasteiger partial charge in [0.15, 0.2) is 0 Å². The Labute approximate surface area is 238 Å². The molecule has 40 heavy (non-hydrogen) atoms. The van der Waals surface area contributed by atoms with Gasteiger partial charge in [0.05, 0.1) is 41.0 Å². The molecule has 0 spiro atoms. The quantitative estimate of drug-likeness (QED) is 0.191. The number of rotatable bonds is 6. The molecular formula is C30H34ClN7O2. The van der Waals surface area contributed by atoms with E-state index in [0.29, 0.717) is 41.9 Å². The van der Waals surface area contributed by atoms with Crippen LogP contribution in [0.1, 0.15) is 54.7 Å². The molecule has 208 valence electrons. The summed E-state index contributed by atoms with van der Waals surface area (Å²) in [6, 6.07) is 14.0. The first-order valence-corrected chi connectivity index (χ1v) is 14.3. The summed E-state index contributed by atoms with van der Waals surface area (Å²) < 4.78 is 8.26. The van der Waals surface area contributed by atoms with Crippen LogP contribution in [0.3, 0.4) is 0 Å². The van der Waals surface area contributed by atoms with E-state index >= 15 is 0 Å². The highest BCUT2D eigenvalue weighted by atomic mass is 35.5. The minimum atomic E-state index is -0.482. The van der Waals surface area contributed by atoms with E-state index in [9.17, 15) is 4.79 Å². The van der Waals surface area contributed by atoms with Crippen molar-refractivity contribution in [2.45, 2.75) is 45.2 Å². The number of aromatic nitrogens is 4. The van der Waals surface area contributed by atoms with Crippen LogP contribution in [0.5, 0.6) is 0 Å². The minimum Gasteiger partial charge on any atom is -0.377 e. The van der Waals surface area contributed by atoms with Crippen molar-refractivity contribution in [1.29, 1.82) is 0 Å². The second-order valence-corrected chi connectivity index (χ2v) is 11.4. The van der Waals surface area contributed by atoms with Crippen molar-refractivity contribution < 1.29 is 9.53 Å². The molecule has 1 aliphatic carbocycles.